The van der Waals surface area contributed by atoms with Crippen molar-refractivity contribution in [3.05, 3.63) is 70.8 Å². The molecule has 152 valence electrons. The zero-order valence-electron chi connectivity index (χ0n) is 15.6. The van der Waals surface area contributed by atoms with E-state index in [1.807, 2.05) is 0 Å². The van der Waals surface area contributed by atoms with Crippen molar-refractivity contribution >= 4 is 17.8 Å². The number of hydrogen-bond acceptors (Lipinski definition) is 3. The van der Waals surface area contributed by atoms with E-state index in [0.717, 1.165) is 12.1 Å². The largest absolute Gasteiger partial charge is 0.416 e. The maximum atomic E-state index is 12.6. The normalized spacial score (nSPS) is 14.2. The molecular formula is C20H19F3N4O2. The number of hydrogen-bond donors (Lipinski definition) is 2. The number of nitrogens with one attached hydrogen (secondary N) is 2. The van der Waals surface area contributed by atoms with Crippen LogP contribution in [-0.4, -0.2) is 42.8 Å². The second-order valence-corrected chi connectivity index (χ2v) is 6.35. The summed E-state index contributed by atoms with van der Waals surface area (Å²) < 4.78 is 37.8. The van der Waals surface area contributed by atoms with E-state index in [9.17, 15) is 22.8 Å². The van der Waals surface area contributed by atoms with Gasteiger partial charge in [-0.3, -0.25) is 19.5 Å². The summed E-state index contributed by atoms with van der Waals surface area (Å²) >= 11 is 0. The van der Waals surface area contributed by atoms with E-state index in [-0.39, 0.29) is 31.4 Å². The monoisotopic (exact) mass is 404 g/mol. The van der Waals surface area contributed by atoms with Crippen molar-refractivity contribution in [1.82, 2.24) is 15.5 Å². The lowest BCUT2D eigenvalue weighted by molar-refractivity contribution is -0.137. The van der Waals surface area contributed by atoms with Crippen LogP contribution in [0, 0.1) is 0 Å². The predicted octanol–water partition coefficient (Wildman–Crippen LogP) is 2.67. The molecule has 1 aliphatic rings. The number of nitrogens with zero attached hydrogens (tertiary/aromatic N) is 2. The van der Waals surface area contributed by atoms with E-state index in [4.69, 9.17) is 0 Å². The third-order valence-electron chi connectivity index (χ3n) is 4.47. The molecular weight excluding hydrogens is 385 g/mol. The molecule has 1 heterocycles. The zero-order chi connectivity index (χ0) is 21.0. The molecule has 3 rings (SSSR count). The van der Waals surface area contributed by atoms with E-state index >= 15 is 0 Å². The van der Waals surface area contributed by atoms with Gasteiger partial charge in [-0.25, -0.2) is 0 Å². The van der Waals surface area contributed by atoms with Gasteiger partial charge in [-0.05, 0) is 29.8 Å². The van der Waals surface area contributed by atoms with Gasteiger partial charge in [-0.2, -0.15) is 13.2 Å². The average molecular weight is 404 g/mol. The fourth-order valence-electron chi connectivity index (χ4n) is 2.95. The minimum Gasteiger partial charge on any atom is -0.355 e. The third kappa shape index (κ3) is 4.56. The molecule has 2 N–H and O–H groups in total. The molecule has 29 heavy (non-hydrogen) atoms. The first-order valence-electron chi connectivity index (χ1n) is 8.87. The summed E-state index contributed by atoms with van der Waals surface area (Å²) in [6, 6.07) is 11.5. The second-order valence-electron chi connectivity index (χ2n) is 6.35. The predicted molar refractivity (Wildman–Crippen MR) is 101 cm³/mol. The first kappa shape index (κ1) is 20.4. The van der Waals surface area contributed by atoms with Crippen molar-refractivity contribution in [2.24, 2.45) is 4.99 Å². The van der Waals surface area contributed by atoms with Gasteiger partial charge in [0.1, 0.15) is 0 Å². The Hall–Kier alpha value is -3.36. The summed E-state index contributed by atoms with van der Waals surface area (Å²) in [5, 5.41) is 5.96. The number of aliphatic imine (C=N–C) groups is 1. The molecule has 0 fully saturated rings. The molecule has 0 bridgehead atoms. The molecule has 0 aromatic heterocycles. The number of carbonyl (C=O) groups excluding carboxylic acids is 2. The summed E-state index contributed by atoms with van der Waals surface area (Å²) in [6.45, 7) is 0.705. The lowest BCUT2D eigenvalue weighted by Gasteiger charge is -2.16. The first-order chi connectivity index (χ1) is 13.8. The fourth-order valence-corrected chi connectivity index (χ4v) is 2.95. The number of alkyl halides is 3. The van der Waals surface area contributed by atoms with Crippen molar-refractivity contribution in [1.29, 1.82) is 0 Å². The molecule has 6 nitrogen and oxygen atoms in total. The molecule has 0 atom stereocenters. The maximum absolute atomic E-state index is 12.6. The quantitative estimate of drug-likeness (QED) is 0.457. The van der Waals surface area contributed by atoms with Crippen LogP contribution in [-0.2, 0) is 12.7 Å². The van der Waals surface area contributed by atoms with E-state index < -0.39 is 11.7 Å². The highest BCUT2D eigenvalue weighted by atomic mass is 19.4. The molecule has 0 aliphatic carbocycles. The lowest BCUT2D eigenvalue weighted by atomic mass is 10.1. The van der Waals surface area contributed by atoms with Crippen molar-refractivity contribution in [2.75, 3.05) is 20.1 Å². The highest BCUT2D eigenvalue weighted by Gasteiger charge is 2.34. The number of carbonyl (C=O) groups is 2. The minimum absolute atomic E-state index is 0.160. The Labute approximate surface area is 165 Å². The smallest absolute Gasteiger partial charge is 0.355 e. The molecule has 0 saturated carbocycles. The Morgan fingerprint density at radius 3 is 2.07 bits per heavy atom. The molecule has 9 heteroatoms. The first-order valence-corrected chi connectivity index (χ1v) is 8.87. The molecule has 0 unspecified atom stereocenters. The van der Waals surface area contributed by atoms with Crippen LogP contribution in [0.5, 0.6) is 0 Å². The lowest BCUT2D eigenvalue weighted by Crippen LogP contribution is -2.42. The Kier molecular flexibility index (Phi) is 5.86. The molecule has 0 radical (unpaired) electrons. The number of imide groups is 1. The highest BCUT2D eigenvalue weighted by molar-refractivity contribution is 6.21. The summed E-state index contributed by atoms with van der Waals surface area (Å²) in [6.07, 6.45) is -4.37. The SMILES string of the molecule is CN=C(NCCN1C(=O)c2ccccc2C1=O)NCc1ccc(C(F)(F)F)cc1. The summed E-state index contributed by atoms with van der Waals surface area (Å²) in [5.41, 5.74) is 0.732. The number of benzene rings is 2. The van der Waals surface area contributed by atoms with Crippen molar-refractivity contribution < 1.29 is 22.8 Å². The Morgan fingerprint density at radius 2 is 1.55 bits per heavy atom. The van der Waals surface area contributed by atoms with Crippen molar-refractivity contribution in [3.8, 4) is 0 Å². The third-order valence-corrected chi connectivity index (χ3v) is 4.47. The van der Waals surface area contributed by atoms with Crippen molar-refractivity contribution in [3.63, 3.8) is 0 Å². The molecule has 2 aromatic rings. The Morgan fingerprint density at radius 1 is 0.966 bits per heavy atom. The van der Waals surface area contributed by atoms with Gasteiger partial charge >= 0.3 is 6.18 Å². The van der Waals surface area contributed by atoms with E-state index in [1.54, 1.807) is 31.3 Å². The van der Waals surface area contributed by atoms with E-state index in [1.165, 1.54) is 17.0 Å². The van der Waals surface area contributed by atoms with Crippen molar-refractivity contribution in [2.45, 2.75) is 12.7 Å². The zero-order valence-corrected chi connectivity index (χ0v) is 15.6. The molecule has 0 spiro atoms. The number of fused-ring (bicyclic) bond motifs is 1. The summed E-state index contributed by atoms with van der Waals surface area (Å²) in [5.74, 6) is -0.262. The van der Waals surface area contributed by atoms with Gasteiger partial charge in [0, 0.05) is 26.7 Å². The summed E-state index contributed by atoms with van der Waals surface area (Å²) in [7, 11) is 1.55. The molecule has 2 aromatic carbocycles. The van der Waals surface area contributed by atoms with Crippen LogP contribution in [0.4, 0.5) is 13.2 Å². The van der Waals surface area contributed by atoms with Gasteiger partial charge in [0.2, 0.25) is 0 Å². The van der Waals surface area contributed by atoms with Crippen LogP contribution >= 0.6 is 0 Å². The van der Waals surface area contributed by atoms with Gasteiger partial charge in [0.15, 0.2) is 5.96 Å². The average Bonchev–Trinajstić information content (AvgIpc) is 2.95. The molecule has 0 saturated heterocycles. The number of amides is 2. The topological polar surface area (TPSA) is 73.8 Å². The van der Waals surface area contributed by atoms with Crippen LogP contribution in [0.1, 0.15) is 31.8 Å². The van der Waals surface area contributed by atoms with Gasteiger partial charge in [-0.1, -0.05) is 24.3 Å². The minimum atomic E-state index is -4.37. The number of halogens is 3. The Bertz CT molecular complexity index is 904. The van der Waals surface area contributed by atoms with Gasteiger partial charge < -0.3 is 10.6 Å². The van der Waals surface area contributed by atoms with E-state index in [2.05, 4.69) is 15.6 Å². The van der Waals surface area contributed by atoms with Gasteiger partial charge in [0.05, 0.1) is 16.7 Å². The standard InChI is InChI=1S/C20H19F3N4O2/c1-24-19(26-12-13-6-8-14(9-7-13)20(21,22)23)25-10-11-27-17(28)15-4-2-3-5-16(15)18(27)29/h2-9H,10-12H2,1H3,(H2,24,25,26). The highest BCUT2D eigenvalue weighted by Crippen LogP contribution is 2.29. The maximum Gasteiger partial charge on any atom is 0.416 e. The number of rotatable bonds is 5. The fraction of sp³-hybridized carbons (Fsp3) is 0.250. The van der Waals surface area contributed by atoms with Crippen LogP contribution in [0.15, 0.2) is 53.5 Å². The van der Waals surface area contributed by atoms with Crippen LogP contribution in [0.25, 0.3) is 0 Å². The van der Waals surface area contributed by atoms with Crippen LogP contribution in [0.2, 0.25) is 0 Å². The van der Waals surface area contributed by atoms with Gasteiger partial charge in [-0.15, -0.1) is 0 Å². The molecule has 1 aliphatic heterocycles. The number of guanidine groups is 1. The van der Waals surface area contributed by atoms with E-state index in [0.29, 0.717) is 22.6 Å². The van der Waals surface area contributed by atoms with Crippen LogP contribution in [0.3, 0.4) is 0 Å². The second kappa shape index (κ2) is 8.34. The molecule has 2 amide bonds. The Balaban J connectivity index is 1.49. The van der Waals surface area contributed by atoms with Crippen LogP contribution < -0.4 is 10.6 Å². The summed E-state index contributed by atoms with van der Waals surface area (Å²) in [4.78, 5) is 29.8. The van der Waals surface area contributed by atoms with Gasteiger partial charge in [0.25, 0.3) is 11.8 Å².